The molecule has 0 aromatic heterocycles. The van der Waals surface area contributed by atoms with Crippen LogP contribution in [0.3, 0.4) is 0 Å². The van der Waals surface area contributed by atoms with Gasteiger partial charge in [0.15, 0.2) is 12.2 Å². The highest BCUT2D eigenvalue weighted by molar-refractivity contribution is 5.66. The van der Waals surface area contributed by atoms with Crippen LogP contribution in [0.25, 0.3) is 0 Å². The monoisotopic (exact) mass is 276 g/mol. The molecule has 0 radical (unpaired) electrons. The maximum Gasteiger partial charge on any atom is 0.305 e. The van der Waals surface area contributed by atoms with Gasteiger partial charge in [0.05, 0.1) is 6.10 Å². The summed E-state index contributed by atoms with van der Waals surface area (Å²) >= 11 is 0. The highest BCUT2D eigenvalue weighted by atomic mass is 16.7. The molecule has 5 atom stereocenters. The van der Waals surface area contributed by atoms with Gasteiger partial charge in [-0.2, -0.15) is 0 Å². The summed E-state index contributed by atoms with van der Waals surface area (Å²) in [7, 11) is 1.35. The lowest BCUT2D eigenvalue weighted by molar-refractivity contribution is -0.319. The maximum absolute atomic E-state index is 11.1. The summed E-state index contributed by atoms with van der Waals surface area (Å²) in [6.07, 6.45) is -3.58. The van der Waals surface area contributed by atoms with E-state index in [0.29, 0.717) is 0 Å². The Balaban J connectivity index is 2.98. The van der Waals surface area contributed by atoms with Crippen LogP contribution in [0.2, 0.25) is 0 Å². The van der Waals surface area contributed by atoms with Crippen LogP contribution in [0.4, 0.5) is 0 Å². The van der Waals surface area contributed by atoms with Gasteiger partial charge in [-0.1, -0.05) is 0 Å². The van der Waals surface area contributed by atoms with Crippen molar-refractivity contribution in [3.8, 4) is 0 Å². The summed E-state index contributed by atoms with van der Waals surface area (Å²) in [4.78, 5) is 22.1. The van der Waals surface area contributed by atoms with Gasteiger partial charge in [0, 0.05) is 21.0 Å². The van der Waals surface area contributed by atoms with Crippen molar-refractivity contribution < 1.29 is 33.6 Å². The minimum absolute atomic E-state index is 0.540. The Hall–Kier alpha value is -1.18. The number of carbonyl (C=O) groups is 2. The van der Waals surface area contributed by atoms with Crippen LogP contribution in [0.5, 0.6) is 0 Å². The fourth-order valence-electron chi connectivity index (χ4n) is 2.26. The van der Waals surface area contributed by atoms with Crippen molar-refractivity contribution in [3.05, 3.63) is 0 Å². The molecule has 0 saturated carbocycles. The second-order valence-corrected chi connectivity index (χ2v) is 4.73. The zero-order valence-corrected chi connectivity index (χ0v) is 11.7. The molecule has 1 saturated heterocycles. The number of rotatable bonds is 3. The number of carbonyl (C=O) groups excluding carboxylic acids is 2. The molecular weight excluding hydrogens is 256 g/mol. The Bertz CT molecular complexity index is 352. The third-order valence-electron chi connectivity index (χ3n) is 3.00. The predicted octanol–water partition coefficient (Wildman–Crippen LogP) is -0.00800. The van der Waals surface area contributed by atoms with Gasteiger partial charge in [-0.05, 0) is 13.8 Å². The lowest BCUT2D eigenvalue weighted by Gasteiger charge is -2.47. The van der Waals surface area contributed by atoms with Gasteiger partial charge in [0.25, 0.3) is 0 Å². The Morgan fingerprint density at radius 2 is 1.68 bits per heavy atom. The molecular formula is C12H20O7. The summed E-state index contributed by atoms with van der Waals surface area (Å²) in [6, 6.07) is 0. The molecule has 1 aliphatic heterocycles. The molecule has 7 heteroatoms. The standard InChI is InChI=1S/C12H20O7/c1-6-9(18-7(2)13)12(4,15)10(16-5)11(17-6)19-8(3)14/h6,9-11,15H,1-5H3/t6-,9+,10-,11-,12+/m0/s1. The molecule has 0 aromatic rings. The van der Waals surface area contributed by atoms with E-state index in [1.807, 2.05) is 0 Å². The third-order valence-corrected chi connectivity index (χ3v) is 3.00. The first-order valence-electron chi connectivity index (χ1n) is 5.95. The third kappa shape index (κ3) is 3.43. The van der Waals surface area contributed by atoms with Gasteiger partial charge in [-0.15, -0.1) is 0 Å². The Morgan fingerprint density at radius 3 is 2.11 bits per heavy atom. The van der Waals surface area contributed by atoms with Crippen molar-refractivity contribution in [3.63, 3.8) is 0 Å². The first-order valence-corrected chi connectivity index (χ1v) is 5.95. The second-order valence-electron chi connectivity index (χ2n) is 4.73. The quantitative estimate of drug-likeness (QED) is 0.725. The van der Waals surface area contributed by atoms with Crippen LogP contribution < -0.4 is 0 Å². The molecule has 1 N–H and O–H groups in total. The van der Waals surface area contributed by atoms with Crippen molar-refractivity contribution in [2.75, 3.05) is 7.11 Å². The fraction of sp³-hybridized carbons (Fsp3) is 0.833. The van der Waals surface area contributed by atoms with Crippen molar-refractivity contribution in [1.82, 2.24) is 0 Å². The molecule has 7 nitrogen and oxygen atoms in total. The molecule has 0 unspecified atom stereocenters. The van der Waals surface area contributed by atoms with Gasteiger partial charge in [-0.25, -0.2) is 0 Å². The smallest absolute Gasteiger partial charge is 0.305 e. The second kappa shape index (κ2) is 5.85. The normalized spacial score (nSPS) is 38.6. The number of hydrogen-bond donors (Lipinski definition) is 1. The van der Waals surface area contributed by atoms with E-state index in [1.54, 1.807) is 6.92 Å². The lowest BCUT2D eigenvalue weighted by Crippen LogP contribution is -2.66. The van der Waals surface area contributed by atoms with E-state index in [2.05, 4.69) is 0 Å². The Kier molecular flexibility index (Phi) is 4.89. The molecule has 1 rings (SSSR count). The van der Waals surface area contributed by atoms with E-state index in [1.165, 1.54) is 27.9 Å². The number of methoxy groups -OCH3 is 1. The topological polar surface area (TPSA) is 91.3 Å². The average Bonchev–Trinajstić information content (AvgIpc) is 2.23. The minimum Gasteiger partial charge on any atom is -0.457 e. The highest BCUT2D eigenvalue weighted by Crippen LogP contribution is 2.34. The van der Waals surface area contributed by atoms with Crippen LogP contribution in [0.15, 0.2) is 0 Å². The molecule has 0 bridgehead atoms. The largest absolute Gasteiger partial charge is 0.457 e. The fourth-order valence-corrected chi connectivity index (χ4v) is 2.26. The number of ether oxygens (including phenoxy) is 4. The molecule has 1 fully saturated rings. The average molecular weight is 276 g/mol. The van der Waals surface area contributed by atoms with E-state index in [9.17, 15) is 14.7 Å². The summed E-state index contributed by atoms with van der Waals surface area (Å²) in [5.41, 5.74) is -1.54. The number of aliphatic hydroxyl groups is 1. The summed E-state index contributed by atoms with van der Waals surface area (Å²) < 4.78 is 20.6. The molecule has 0 amide bonds. The SMILES string of the molecule is CO[C@H]1[C@H](OC(C)=O)O[C@@H](C)[C@@H](OC(C)=O)[C@@]1(C)O. The van der Waals surface area contributed by atoms with Gasteiger partial charge in [0.2, 0.25) is 6.29 Å². The summed E-state index contributed by atoms with van der Waals surface area (Å²) in [5.74, 6) is -1.09. The first-order chi connectivity index (χ1) is 8.70. The van der Waals surface area contributed by atoms with Gasteiger partial charge in [-0.3, -0.25) is 9.59 Å². The van der Waals surface area contributed by atoms with Crippen molar-refractivity contribution in [2.45, 2.75) is 57.9 Å². The Morgan fingerprint density at radius 1 is 1.16 bits per heavy atom. The first kappa shape index (κ1) is 15.9. The summed E-state index contributed by atoms with van der Waals surface area (Å²) in [5, 5.41) is 10.5. The minimum atomic E-state index is -1.54. The molecule has 19 heavy (non-hydrogen) atoms. The van der Waals surface area contributed by atoms with Crippen LogP contribution in [0, 0.1) is 0 Å². The predicted molar refractivity (Wildman–Crippen MR) is 63.1 cm³/mol. The van der Waals surface area contributed by atoms with E-state index in [-0.39, 0.29) is 0 Å². The van der Waals surface area contributed by atoms with Crippen LogP contribution in [-0.2, 0) is 28.5 Å². The van der Waals surface area contributed by atoms with E-state index >= 15 is 0 Å². The molecule has 0 aliphatic carbocycles. The molecule has 1 aliphatic rings. The van der Waals surface area contributed by atoms with E-state index in [4.69, 9.17) is 18.9 Å². The van der Waals surface area contributed by atoms with Crippen LogP contribution >= 0.6 is 0 Å². The number of esters is 2. The van der Waals surface area contributed by atoms with Gasteiger partial charge < -0.3 is 24.1 Å². The summed E-state index contributed by atoms with van der Waals surface area (Å²) in [6.45, 7) is 5.53. The van der Waals surface area contributed by atoms with Crippen molar-refractivity contribution in [2.24, 2.45) is 0 Å². The van der Waals surface area contributed by atoms with Gasteiger partial charge in [0.1, 0.15) is 5.60 Å². The van der Waals surface area contributed by atoms with Crippen molar-refractivity contribution >= 4 is 11.9 Å². The van der Waals surface area contributed by atoms with Gasteiger partial charge >= 0.3 is 11.9 Å². The van der Waals surface area contributed by atoms with E-state index in [0.717, 1.165) is 0 Å². The lowest BCUT2D eigenvalue weighted by atomic mass is 9.86. The molecule has 0 aromatic carbocycles. The molecule has 1 heterocycles. The maximum atomic E-state index is 11.1. The number of hydrogen-bond acceptors (Lipinski definition) is 7. The molecule has 110 valence electrons. The Labute approximate surface area is 111 Å². The zero-order valence-electron chi connectivity index (χ0n) is 11.7. The van der Waals surface area contributed by atoms with Crippen LogP contribution in [-0.4, -0.2) is 54.4 Å². The van der Waals surface area contributed by atoms with E-state index < -0.39 is 42.1 Å². The molecule has 0 spiro atoms. The van der Waals surface area contributed by atoms with Crippen molar-refractivity contribution in [1.29, 1.82) is 0 Å². The highest BCUT2D eigenvalue weighted by Gasteiger charge is 2.55. The van der Waals surface area contributed by atoms with Crippen LogP contribution in [0.1, 0.15) is 27.7 Å². The zero-order chi connectivity index (χ0) is 14.8.